The Bertz CT molecular complexity index is 1080. The summed E-state index contributed by atoms with van der Waals surface area (Å²) in [5.41, 5.74) is 1.13. The molecule has 0 amide bonds. The van der Waals surface area contributed by atoms with Gasteiger partial charge in [-0.3, -0.25) is 4.79 Å². The number of fused-ring (bicyclic) bond motifs is 1. The summed E-state index contributed by atoms with van der Waals surface area (Å²) in [5.74, 6) is -0.350. The standard InChI is InChI=1S/C23H23F3N2O2/c24-23(25,26)30-21-9-5-4-8-18(21)20-14-16-10-11-17(15-19(16)22(29)27-20)28-12-6-2-1-3-7-13-28/h4-5,8-11,14-15H,1-3,6-7,12-13H2,(H,27,29). The minimum absolute atomic E-state index is 0.182. The van der Waals surface area contributed by atoms with Crippen LogP contribution >= 0.6 is 0 Å². The second-order valence-corrected chi connectivity index (χ2v) is 7.58. The number of ether oxygens (including phenoxy) is 1. The van der Waals surface area contributed by atoms with Crippen LogP contribution in [0.4, 0.5) is 18.9 Å². The Morgan fingerprint density at radius 3 is 2.33 bits per heavy atom. The van der Waals surface area contributed by atoms with Crippen molar-refractivity contribution >= 4 is 16.5 Å². The van der Waals surface area contributed by atoms with Crippen molar-refractivity contribution in [1.82, 2.24) is 4.98 Å². The van der Waals surface area contributed by atoms with Gasteiger partial charge >= 0.3 is 6.36 Å². The van der Waals surface area contributed by atoms with Crippen LogP contribution in [0.1, 0.15) is 32.1 Å². The van der Waals surface area contributed by atoms with E-state index < -0.39 is 6.36 Å². The third-order valence-corrected chi connectivity index (χ3v) is 5.45. The van der Waals surface area contributed by atoms with E-state index in [0.29, 0.717) is 10.8 Å². The van der Waals surface area contributed by atoms with Crippen LogP contribution in [0.15, 0.2) is 53.3 Å². The summed E-state index contributed by atoms with van der Waals surface area (Å²) < 4.78 is 42.4. The van der Waals surface area contributed by atoms with E-state index in [4.69, 9.17) is 0 Å². The SMILES string of the molecule is O=c1[nH]c(-c2ccccc2OC(F)(F)F)cc2ccc(N3CCCCCCC3)cc12. The Balaban J connectivity index is 1.71. The molecular weight excluding hydrogens is 393 g/mol. The average Bonchev–Trinajstić information content (AvgIpc) is 2.67. The molecule has 0 unspecified atom stereocenters. The van der Waals surface area contributed by atoms with E-state index in [9.17, 15) is 18.0 Å². The molecule has 1 aliphatic rings. The molecule has 0 radical (unpaired) electrons. The summed E-state index contributed by atoms with van der Waals surface area (Å²) in [6.45, 7) is 1.92. The Hall–Kier alpha value is -2.96. The lowest BCUT2D eigenvalue weighted by atomic mass is 10.0. The molecule has 1 fully saturated rings. The predicted octanol–water partition coefficient (Wildman–Crippen LogP) is 5.86. The Labute approximate surface area is 172 Å². The molecule has 2 aromatic carbocycles. The number of rotatable bonds is 3. The molecular formula is C23H23F3N2O2. The number of nitrogens with one attached hydrogen (secondary N) is 1. The van der Waals surface area contributed by atoms with E-state index in [1.807, 2.05) is 18.2 Å². The smallest absolute Gasteiger partial charge is 0.405 e. The number of halogens is 3. The van der Waals surface area contributed by atoms with Crippen molar-refractivity contribution in [1.29, 1.82) is 0 Å². The van der Waals surface area contributed by atoms with Gasteiger partial charge in [0.15, 0.2) is 0 Å². The molecule has 1 aromatic heterocycles. The first-order valence-electron chi connectivity index (χ1n) is 10.2. The van der Waals surface area contributed by atoms with Crippen LogP contribution < -0.4 is 15.2 Å². The summed E-state index contributed by atoms with van der Waals surface area (Å²) in [6.07, 6.45) is 1.15. The number of nitrogens with zero attached hydrogens (tertiary/aromatic N) is 1. The molecule has 1 saturated heterocycles. The first-order chi connectivity index (χ1) is 14.4. The Kier molecular flexibility index (Phi) is 5.70. The largest absolute Gasteiger partial charge is 0.573 e. The van der Waals surface area contributed by atoms with Gasteiger partial charge in [-0.15, -0.1) is 13.2 Å². The maximum atomic E-state index is 12.8. The second kappa shape index (κ2) is 8.42. The number of alkyl halides is 3. The van der Waals surface area contributed by atoms with Crippen molar-refractivity contribution in [2.75, 3.05) is 18.0 Å². The zero-order valence-corrected chi connectivity index (χ0v) is 16.5. The molecule has 7 heteroatoms. The van der Waals surface area contributed by atoms with Crippen LogP contribution in [0.25, 0.3) is 22.0 Å². The molecule has 0 bridgehead atoms. The lowest BCUT2D eigenvalue weighted by Gasteiger charge is -2.27. The monoisotopic (exact) mass is 416 g/mol. The molecule has 0 spiro atoms. The fourth-order valence-corrected chi connectivity index (χ4v) is 4.00. The van der Waals surface area contributed by atoms with Gasteiger partial charge in [-0.1, -0.05) is 37.5 Å². The van der Waals surface area contributed by atoms with E-state index in [2.05, 4.69) is 14.6 Å². The Morgan fingerprint density at radius 1 is 0.900 bits per heavy atom. The minimum Gasteiger partial charge on any atom is -0.405 e. The number of benzene rings is 2. The lowest BCUT2D eigenvalue weighted by molar-refractivity contribution is -0.274. The molecule has 1 aliphatic heterocycles. The quantitative estimate of drug-likeness (QED) is 0.581. The highest BCUT2D eigenvalue weighted by molar-refractivity contribution is 5.88. The zero-order valence-electron chi connectivity index (χ0n) is 16.5. The van der Waals surface area contributed by atoms with E-state index >= 15 is 0 Å². The first kappa shape index (κ1) is 20.3. The third-order valence-electron chi connectivity index (χ3n) is 5.45. The van der Waals surface area contributed by atoms with E-state index in [1.54, 1.807) is 12.1 Å². The summed E-state index contributed by atoms with van der Waals surface area (Å²) in [4.78, 5) is 17.8. The van der Waals surface area contributed by atoms with Gasteiger partial charge in [-0.05, 0) is 48.6 Å². The molecule has 30 heavy (non-hydrogen) atoms. The minimum atomic E-state index is -4.81. The van der Waals surface area contributed by atoms with E-state index in [1.165, 1.54) is 37.5 Å². The average molecular weight is 416 g/mol. The van der Waals surface area contributed by atoms with E-state index in [0.717, 1.165) is 31.6 Å². The molecule has 4 nitrogen and oxygen atoms in total. The third kappa shape index (κ3) is 4.61. The highest BCUT2D eigenvalue weighted by Gasteiger charge is 2.32. The predicted molar refractivity (Wildman–Crippen MR) is 112 cm³/mol. The zero-order chi connectivity index (χ0) is 21.1. The summed E-state index contributed by atoms with van der Waals surface area (Å²) in [5, 5.41) is 1.19. The maximum Gasteiger partial charge on any atom is 0.573 e. The molecule has 0 aliphatic carbocycles. The second-order valence-electron chi connectivity index (χ2n) is 7.58. The van der Waals surface area contributed by atoms with Gasteiger partial charge in [0.2, 0.25) is 0 Å². The van der Waals surface area contributed by atoms with Crippen molar-refractivity contribution in [3.05, 3.63) is 58.9 Å². The molecule has 158 valence electrons. The fourth-order valence-electron chi connectivity index (χ4n) is 4.00. The number of hydrogen-bond donors (Lipinski definition) is 1. The normalized spacial score (nSPS) is 15.6. The van der Waals surface area contributed by atoms with Crippen LogP contribution in [0, 0.1) is 0 Å². The summed E-state index contributed by atoms with van der Waals surface area (Å²) in [7, 11) is 0. The number of aromatic amines is 1. The first-order valence-corrected chi connectivity index (χ1v) is 10.2. The number of para-hydroxylation sites is 1. The van der Waals surface area contributed by atoms with Crippen molar-refractivity contribution < 1.29 is 17.9 Å². The van der Waals surface area contributed by atoms with Crippen molar-refractivity contribution in [3.63, 3.8) is 0 Å². The molecule has 0 saturated carbocycles. The number of pyridine rings is 1. The van der Waals surface area contributed by atoms with E-state index in [-0.39, 0.29) is 22.6 Å². The van der Waals surface area contributed by atoms with Gasteiger partial charge in [0.05, 0.1) is 5.69 Å². The van der Waals surface area contributed by atoms with Crippen LogP contribution in [0.2, 0.25) is 0 Å². The van der Waals surface area contributed by atoms with Crippen molar-refractivity contribution in [2.24, 2.45) is 0 Å². The number of H-pyrrole nitrogens is 1. The van der Waals surface area contributed by atoms with Gasteiger partial charge < -0.3 is 14.6 Å². The van der Waals surface area contributed by atoms with Crippen LogP contribution in [0.3, 0.4) is 0 Å². The highest BCUT2D eigenvalue weighted by atomic mass is 19.4. The maximum absolute atomic E-state index is 12.8. The van der Waals surface area contributed by atoms with Crippen molar-refractivity contribution in [3.8, 4) is 17.0 Å². The lowest BCUT2D eigenvalue weighted by Crippen LogP contribution is -2.27. The number of aromatic nitrogens is 1. The summed E-state index contributed by atoms with van der Waals surface area (Å²) >= 11 is 0. The van der Waals surface area contributed by atoms with Gasteiger partial charge in [0, 0.05) is 29.7 Å². The summed E-state index contributed by atoms with van der Waals surface area (Å²) in [6, 6.07) is 13.2. The molecule has 2 heterocycles. The van der Waals surface area contributed by atoms with Gasteiger partial charge in [-0.2, -0.15) is 0 Å². The fraction of sp³-hybridized carbons (Fsp3) is 0.348. The van der Waals surface area contributed by atoms with Gasteiger partial charge in [-0.25, -0.2) is 0 Å². The number of hydrogen-bond acceptors (Lipinski definition) is 3. The van der Waals surface area contributed by atoms with Crippen LogP contribution in [0.5, 0.6) is 5.75 Å². The van der Waals surface area contributed by atoms with Gasteiger partial charge in [0.25, 0.3) is 5.56 Å². The van der Waals surface area contributed by atoms with Crippen LogP contribution in [-0.2, 0) is 0 Å². The molecule has 4 rings (SSSR count). The number of anilines is 1. The van der Waals surface area contributed by atoms with Gasteiger partial charge in [0.1, 0.15) is 5.75 Å². The topological polar surface area (TPSA) is 45.3 Å². The van der Waals surface area contributed by atoms with Crippen molar-refractivity contribution in [2.45, 2.75) is 38.5 Å². The Morgan fingerprint density at radius 2 is 1.60 bits per heavy atom. The molecule has 3 aromatic rings. The molecule has 0 atom stereocenters. The highest BCUT2D eigenvalue weighted by Crippen LogP contribution is 2.33. The van der Waals surface area contributed by atoms with Crippen LogP contribution in [-0.4, -0.2) is 24.4 Å². The molecule has 1 N–H and O–H groups in total.